The van der Waals surface area contributed by atoms with Crippen molar-refractivity contribution in [2.75, 3.05) is 18.7 Å². The van der Waals surface area contributed by atoms with Gasteiger partial charge in [-0.25, -0.2) is 9.37 Å². The van der Waals surface area contributed by atoms with Crippen LogP contribution in [-0.4, -0.2) is 34.3 Å². The minimum Gasteiger partial charge on any atom is -0.495 e. The predicted molar refractivity (Wildman–Crippen MR) is 144 cm³/mol. The zero-order valence-corrected chi connectivity index (χ0v) is 21.7. The number of fused-ring (bicyclic) bond motifs is 1. The maximum atomic E-state index is 13.7. The first-order valence-electron chi connectivity index (χ1n) is 12.9. The quantitative estimate of drug-likeness (QED) is 0.386. The van der Waals surface area contributed by atoms with Crippen molar-refractivity contribution in [2.45, 2.75) is 58.9 Å². The van der Waals surface area contributed by atoms with Gasteiger partial charge in [0.25, 0.3) is 0 Å². The van der Waals surface area contributed by atoms with Crippen molar-refractivity contribution in [3.8, 4) is 11.4 Å². The van der Waals surface area contributed by atoms with Gasteiger partial charge in [-0.1, -0.05) is 13.0 Å². The summed E-state index contributed by atoms with van der Waals surface area (Å²) in [4.78, 5) is 4.36. The molecule has 0 saturated carbocycles. The first-order valence-corrected chi connectivity index (χ1v) is 12.9. The summed E-state index contributed by atoms with van der Waals surface area (Å²) in [5.74, 6) is 0.621. The van der Waals surface area contributed by atoms with Gasteiger partial charge in [-0.15, -0.1) is 0 Å². The number of piperidine rings is 1. The first kappa shape index (κ1) is 24.2. The Morgan fingerprint density at radius 2 is 1.94 bits per heavy atom. The average molecular weight is 487 g/mol. The number of nitrogens with zero attached hydrogens (tertiary/aromatic N) is 4. The first-order chi connectivity index (χ1) is 17.5. The van der Waals surface area contributed by atoms with Gasteiger partial charge < -0.3 is 9.30 Å². The topological polar surface area (TPSA) is 33.5 Å². The molecule has 188 valence electrons. The van der Waals surface area contributed by atoms with Crippen LogP contribution in [0, 0.1) is 12.7 Å². The van der Waals surface area contributed by atoms with Gasteiger partial charge in [-0.2, -0.15) is 0 Å². The number of halogens is 1. The van der Waals surface area contributed by atoms with Crippen LogP contribution in [0.2, 0.25) is 0 Å². The molecule has 0 spiro atoms. The summed E-state index contributed by atoms with van der Waals surface area (Å²) in [5, 5.41) is 4.84. The monoisotopic (exact) mass is 486 g/mol. The van der Waals surface area contributed by atoms with Crippen molar-refractivity contribution in [3.05, 3.63) is 88.9 Å². The molecule has 0 amide bonds. The molecular formula is C30H35FN4O. The zero-order chi connectivity index (χ0) is 25.2. The second-order valence-electron chi connectivity index (χ2n) is 9.76. The Morgan fingerprint density at radius 1 is 1.14 bits per heavy atom. The van der Waals surface area contributed by atoms with Gasteiger partial charge in [-0.3, -0.25) is 10.0 Å². The van der Waals surface area contributed by atoms with Crippen molar-refractivity contribution in [3.63, 3.8) is 0 Å². The summed E-state index contributed by atoms with van der Waals surface area (Å²) >= 11 is 0. The average Bonchev–Trinajstić information content (AvgIpc) is 3.26. The molecule has 0 aliphatic carbocycles. The Kier molecular flexibility index (Phi) is 6.86. The molecule has 0 bridgehead atoms. The summed E-state index contributed by atoms with van der Waals surface area (Å²) in [6.07, 6.45) is 11.4. The highest BCUT2D eigenvalue weighted by molar-refractivity contribution is 5.64. The number of aryl methyl sites for hydroxylation is 1. The molecular weight excluding hydrogens is 451 g/mol. The number of hydrazine groups is 1. The van der Waals surface area contributed by atoms with E-state index in [1.54, 1.807) is 19.2 Å². The third-order valence-electron chi connectivity index (χ3n) is 7.31. The van der Waals surface area contributed by atoms with Gasteiger partial charge in [-0.05, 0) is 105 Å². The van der Waals surface area contributed by atoms with E-state index in [0.717, 1.165) is 67.0 Å². The number of aromatic nitrogens is 2. The van der Waals surface area contributed by atoms with Crippen LogP contribution in [-0.2, 0) is 0 Å². The van der Waals surface area contributed by atoms with Crippen LogP contribution in [0.4, 0.5) is 10.1 Å². The lowest BCUT2D eigenvalue weighted by molar-refractivity contribution is 0.271. The number of imidazole rings is 1. The number of methoxy groups -OCH3 is 1. The third-order valence-corrected chi connectivity index (χ3v) is 7.31. The fourth-order valence-electron chi connectivity index (χ4n) is 5.53. The van der Waals surface area contributed by atoms with Gasteiger partial charge >= 0.3 is 0 Å². The lowest BCUT2D eigenvalue weighted by Gasteiger charge is -2.45. The van der Waals surface area contributed by atoms with E-state index in [1.807, 2.05) is 36.1 Å². The van der Waals surface area contributed by atoms with Crippen molar-refractivity contribution in [2.24, 2.45) is 0 Å². The van der Waals surface area contributed by atoms with Crippen molar-refractivity contribution in [1.29, 1.82) is 0 Å². The van der Waals surface area contributed by atoms with Gasteiger partial charge in [0, 0.05) is 18.8 Å². The molecule has 1 atom stereocenters. The minimum atomic E-state index is -0.200. The number of hydrogen-bond acceptors (Lipinski definition) is 4. The second kappa shape index (κ2) is 10.2. The van der Waals surface area contributed by atoms with Crippen LogP contribution in [0.15, 0.2) is 71.8 Å². The third kappa shape index (κ3) is 4.64. The molecule has 1 fully saturated rings. The van der Waals surface area contributed by atoms with Crippen molar-refractivity contribution in [1.82, 2.24) is 14.6 Å². The van der Waals surface area contributed by atoms with Crippen LogP contribution in [0.3, 0.4) is 0 Å². The van der Waals surface area contributed by atoms with Crippen LogP contribution in [0.1, 0.15) is 57.2 Å². The van der Waals surface area contributed by atoms with E-state index >= 15 is 0 Å². The Balaban J connectivity index is 1.55. The van der Waals surface area contributed by atoms with E-state index < -0.39 is 0 Å². The SMILES string of the molecule is CCC1=C2C(=Cc3ccc(-n4cnc(C)c4)c(OC)c3)CCCN2N(c2ccc(F)cc2)C(C)CC1. The van der Waals surface area contributed by atoms with E-state index in [-0.39, 0.29) is 5.82 Å². The maximum Gasteiger partial charge on any atom is 0.143 e. The van der Waals surface area contributed by atoms with Gasteiger partial charge in [0.05, 0.1) is 36.2 Å². The number of hydrogen-bond donors (Lipinski definition) is 0. The summed E-state index contributed by atoms with van der Waals surface area (Å²) in [7, 11) is 1.72. The van der Waals surface area contributed by atoms with E-state index in [4.69, 9.17) is 4.74 Å². The fourth-order valence-corrected chi connectivity index (χ4v) is 5.53. The Labute approximate surface area is 213 Å². The summed E-state index contributed by atoms with van der Waals surface area (Å²) in [6, 6.07) is 13.6. The van der Waals surface area contributed by atoms with Crippen molar-refractivity contribution < 1.29 is 9.13 Å². The largest absolute Gasteiger partial charge is 0.495 e. The molecule has 0 radical (unpaired) electrons. The highest BCUT2D eigenvalue weighted by Gasteiger charge is 2.33. The van der Waals surface area contributed by atoms with Gasteiger partial charge in [0.1, 0.15) is 11.6 Å². The Morgan fingerprint density at radius 3 is 2.64 bits per heavy atom. The van der Waals surface area contributed by atoms with Crippen LogP contribution in [0.25, 0.3) is 11.8 Å². The zero-order valence-electron chi connectivity index (χ0n) is 21.7. The molecule has 5 nitrogen and oxygen atoms in total. The maximum absolute atomic E-state index is 13.7. The minimum absolute atomic E-state index is 0.200. The van der Waals surface area contributed by atoms with Gasteiger partial charge in [0.2, 0.25) is 0 Å². The highest BCUT2D eigenvalue weighted by Crippen LogP contribution is 2.40. The molecule has 0 N–H and O–H groups in total. The van der Waals surface area contributed by atoms with Crippen molar-refractivity contribution >= 4 is 11.8 Å². The van der Waals surface area contributed by atoms with Crippen LogP contribution in [0.5, 0.6) is 5.75 Å². The fraction of sp³-hybridized carbons (Fsp3) is 0.367. The molecule has 5 rings (SSSR count). The molecule has 2 aliphatic rings. The number of anilines is 1. The number of benzene rings is 2. The molecule has 1 unspecified atom stereocenters. The summed E-state index contributed by atoms with van der Waals surface area (Å²) in [6.45, 7) is 7.48. The van der Waals surface area contributed by atoms with Crippen LogP contribution < -0.4 is 9.75 Å². The molecule has 1 aromatic heterocycles. The summed E-state index contributed by atoms with van der Waals surface area (Å²) in [5.41, 5.74) is 8.30. The number of ether oxygens (including phenoxy) is 1. The Bertz CT molecular complexity index is 1290. The van der Waals surface area contributed by atoms with E-state index in [1.165, 1.54) is 16.8 Å². The predicted octanol–water partition coefficient (Wildman–Crippen LogP) is 7.08. The molecule has 2 aromatic carbocycles. The normalized spacial score (nSPS) is 19.5. The lowest BCUT2D eigenvalue weighted by atomic mass is 9.93. The number of allylic oxidation sites excluding steroid dienone is 2. The molecule has 2 aliphatic heterocycles. The lowest BCUT2D eigenvalue weighted by Crippen LogP contribution is -2.49. The van der Waals surface area contributed by atoms with Crippen LogP contribution >= 0.6 is 0 Å². The van der Waals surface area contributed by atoms with E-state index in [2.05, 4.69) is 53.1 Å². The van der Waals surface area contributed by atoms with Gasteiger partial charge in [0.15, 0.2) is 0 Å². The van der Waals surface area contributed by atoms with E-state index in [0.29, 0.717) is 6.04 Å². The Hall–Kier alpha value is -3.54. The molecule has 1 saturated heterocycles. The summed E-state index contributed by atoms with van der Waals surface area (Å²) < 4.78 is 21.5. The molecule has 6 heteroatoms. The molecule has 36 heavy (non-hydrogen) atoms. The highest BCUT2D eigenvalue weighted by atomic mass is 19.1. The number of rotatable bonds is 5. The molecule has 3 aromatic rings. The second-order valence-corrected chi connectivity index (χ2v) is 9.76. The standard InChI is InChI=1S/C30H35FN4O/c1-5-24-10-8-22(3)35(27-13-11-26(31)12-14-27)34-16-6-7-25(30(24)34)17-23-9-15-28(29(18-23)36-4)33-19-21(2)32-20-33/h9,11-15,17-20,22H,5-8,10,16H2,1-4H3. The molecule has 3 heterocycles. The van der Waals surface area contributed by atoms with E-state index in [9.17, 15) is 4.39 Å². The smallest absolute Gasteiger partial charge is 0.143 e.